The molecule has 1 N–H and O–H groups in total. The van der Waals surface area contributed by atoms with Gasteiger partial charge in [0.05, 0.1) is 0 Å². The van der Waals surface area contributed by atoms with Gasteiger partial charge in [-0.15, -0.1) is 0 Å². The summed E-state index contributed by atoms with van der Waals surface area (Å²) in [4.78, 5) is 0. The molecular formula is C12H15F2N. The van der Waals surface area contributed by atoms with E-state index in [1.165, 1.54) is 6.07 Å². The van der Waals surface area contributed by atoms with Gasteiger partial charge in [0.25, 0.3) is 0 Å². The maximum Gasteiger partial charge on any atom is 0.163 e. The van der Waals surface area contributed by atoms with Crippen LogP contribution in [0.1, 0.15) is 18.9 Å². The van der Waals surface area contributed by atoms with Crippen molar-refractivity contribution >= 4 is 0 Å². The first kappa shape index (κ1) is 11.9. The van der Waals surface area contributed by atoms with Crippen LogP contribution in [-0.4, -0.2) is 6.54 Å². The molecule has 0 fully saturated rings. The van der Waals surface area contributed by atoms with E-state index in [0.717, 1.165) is 19.0 Å². The second-order valence-corrected chi connectivity index (χ2v) is 3.25. The van der Waals surface area contributed by atoms with Crippen molar-refractivity contribution < 1.29 is 8.78 Å². The molecule has 1 aromatic rings. The summed E-state index contributed by atoms with van der Waals surface area (Å²) >= 11 is 0. The molecule has 0 saturated carbocycles. The number of allylic oxidation sites excluding steroid dienone is 1. The van der Waals surface area contributed by atoms with Gasteiger partial charge in [0.1, 0.15) is 0 Å². The largest absolute Gasteiger partial charge is 0.312 e. The zero-order valence-corrected chi connectivity index (χ0v) is 8.76. The SMILES string of the molecule is C/C=C/CCNCc1cccc(F)c1F. The van der Waals surface area contributed by atoms with Crippen molar-refractivity contribution in [1.82, 2.24) is 5.32 Å². The number of nitrogens with one attached hydrogen (secondary N) is 1. The smallest absolute Gasteiger partial charge is 0.163 e. The Hall–Kier alpha value is -1.22. The molecule has 1 aromatic carbocycles. The lowest BCUT2D eigenvalue weighted by atomic mass is 10.2. The number of hydrogen-bond acceptors (Lipinski definition) is 1. The highest BCUT2D eigenvalue weighted by molar-refractivity contribution is 5.18. The fourth-order valence-electron chi connectivity index (χ4n) is 1.26. The van der Waals surface area contributed by atoms with Crippen molar-refractivity contribution in [3.63, 3.8) is 0 Å². The Kier molecular flexibility index (Phi) is 4.98. The number of rotatable bonds is 5. The van der Waals surface area contributed by atoms with Gasteiger partial charge >= 0.3 is 0 Å². The summed E-state index contributed by atoms with van der Waals surface area (Å²) in [7, 11) is 0. The summed E-state index contributed by atoms with van der Waals surface area (Å²) in [5.41, 5.74) is 0.371. The predicted molar refractivity (Wildman–Crippen MR) is 57.5 cm³/mol. The fraction of sp³-hybridized carbons (Fsp3) is 0.333. The highest BCUT2D eigenvalue weighted by Crippen LogP contribution is 2.10. The summed E-state index contributed by atoms with van der Waals surface area (Å²) in [6.07, 6.45) is 4.88. The van der Waals surface area contributed by atoms with E-state index in [1.807, 2.05) is 19.1 Å². The molecule has 0 unspecified atom stereocenters. The van der Waals surface area contributed by atoms with Crippen LogP contribution in [0.5, 0.6) is 0 Å². The highest BCUT2D eigenvalue weighted by atomic mass is 19.2. The molecule has 0 atom stereocenters. The van der Waals surface area contributed by atoms with E-state index in [0.29, 0.717) is 12.1 Å². The molecule has 0 radical (unpaired) electrons. The molecule has 0 saturated heterocycles. The molecular weight excluding hydrogens is 196 g/mol. The molecule has 0 spiro atoms. The van der Waals surface area contributed by atoms with Crippen molar-refractivity contribution in [2.75, 3.05) is 6.54 Å². The monoisotopic (exact) mass is 211 g/mol. The average molecular weight is 211 g/mol. The Balaban J connectivity index is 2.40. The molecule has 0 bridgehead atoms. The van der Waals surface area contributed by atoms with E-state index < -0.39 is 11.6 Å². The zero-order valence-electron chi connectivity index (χ0n) is 8.76. The van der Waals surface area contributed by atoms with Gasteiger partial charge in [-0.3, -0.25) is 0 Å². The van der Waals surface area contributed by atoms with Crippen molar-refractivity contribution in [2.24, 2.45) is 0 Å². The molecule has 0 aliphatic carbocycles. The Morgan fingerprint density at radius 3 is 2.87 bits per heavy atom. The average Bonchev–Trinajstić information content (AvgIpc) is 2.24. The van der Waals surface area contributed by atoms with E-state index in [2.05, 4.69) is 5.32 Å². The molecule has 0 aromatic heterocycles. The van der Waals surface area contributed by atoms with E-state index in [4.69, 9.17) is 0 Å². The van der Waals surface area contributed by atoms with Crippen LogP contribution in [0, 0.1) is 11.6 Å². The molecule has 3 heteroatoms. The standard InChI is InChI=1S/C12H15F2N/c1-2-3-4-8-15-9-10-6-5-7-11(13)12(10)14/h2-3,5-7,15H,4,8-9H2,1H3/b3-2+. The van der Waals surface area contributed by atoms with Crippen LogP contribution in [0.4, 0.5) is 8.78 Å². The summed E-state index contributed by atoms with van der Waals surface area (Å²) in [5, 5.41) is 3.05. The Morgan fingerprint density at radius 1 is 1.33 bits per heavy atom. The lowest BCUT2D eigenvalue weighted by Gasteiger charge is -2.04. The van der Waals surface area contributed by atoms with Gasteiger partial charge in [0.15, 0.2) is 11.6 Å². The molecule has 1 nitrogen and oxygen atoms in total. The van der Waals surface area contributed by atoms with Gasteiger partial charge in [0.2, 0.25) is 0 Å². The summed E-state index contributed by atoms with van der Waals surface area (Å²) in [6.45, 7) is 3.08. The van der Waals surface area contributed by atoms with Crippen molar-refractivity contribution in [2.45, 2.75) is 19.9 Å². The predicted octanol–water partition coefficient (Wildman–Crippen LogP) is 3.02. The molecule has 15 heavy (non-hydrogen) atoms. The normalized spacial score (nSPS) is 11.1. The van der Waals surface area contributed by atoms with Gasteiger partial charge in [-0.2, -0.15) is 0 Å². The van der Waals surface area contributed by atoms with Gasteiger partial charge in [-0.05, 0) is 26.0 Å². The Labute approximate surface area is 88.8 Å². The lowest BCUT2D eigenvalue weighted by Crippen LogP contribution is -2.15. The lowest BCUT2D eigenvalue weighted by molar-refractivity contribution is 0.493. The van der Waals surface area contributed by atoms with Gasteiger partial charge in [0, 0.05) is 12.1 Å². The molecule has 0 heterocycles. The van der Waals surface area contributed by atoms with E-state index >= 15 is 0 Å². The Morgan fingerprint density at radius 2 is 2.13 bits per heavy atom. The minimum Gasteiger partial charge on any atom is -0.312 e. The van der Waals surface area contributed by atoms with Gasteiger partial charge in [-0.1, -0.05) is 24.3 Å². The van der Waals surface area contributed by atoms with Crippen LogP contribution in [0.3, 0.4) is 0 Å². The molecule has 1 rings (SSSR count). The van der Waals surface area contributed by atoms with E-state index in [-0.39, 0.29) is 0 Å². The number of hydrogen-bond donors (Lipinski definition) is 1. The number of benzene rings is 1. The third-order valence-electron chi connectivity index (χ3n) is 2.07. The second kappa shape index (κ2) is 6.30. The minimum atomic E-state index is -0.789. The van der Waals surface area contributed by atoms with Crippen LogP contribution in [0.25, 0.3) is 0 Å². The Bertz CT molecular complexity index is 334. The molecule has 0 aliphatic rings. The molecule has 0 aliphatic heterocycles. The topological polar surface area (TPSA) is 12.0 Å². The maximum absolute atomic E-state index is 13.1. The third-order valence-corrected chi connectivity index (χ3v) is 2.07. The summed E-state index contributed by atoms with van der Waals surface area (Å²) < 4.78 is 25.9. The zero-order chi connectivity index (χ0) is 11.1. The quantitative estimate of drug-likeness (QED) is 0.583. The van der Waals surface area contributed by atoms with E-state index in [9.17, 15) is 8.78 Å². The van der Waals surface area contributed by atoms with Gasteiger partial charge < -0.3 is 5.32 Å². The first-order chi connectivity index (χ1) is 7.25. The van der Waals surface area contributed by atoms with Gasteiger partial charge in [-0.25, -0.2) is 8.78 Å². The van der Waals surface area contributed by atoms with Crippen molar-refractivity contribution in [1.29, 1.82) is 0 Å². The van der Waals surface area contributed by atoms with E-state index in [1.54, 1.807) is 6.07 Å². The highest BCUT2D eigenvalue weighted by Gasteiger charge is 2.05. The van der Waals surface area contributed by atoms with Crippen molar-refractivity contribution in [3.05, 3.63) is 47.5 Å². The van der Waals surface area contributed by atoms with Crippen LogP contribution < -0.4 is 5.32 Å². The number of halogens is 2. The van der Waals surface area contributed by atoms with Crippen LogP contribution in [0.2, 0.25) is 0 Å². The van der Waals surface area contributed by atoms with Crippen LogP contribution >= 0.6 is 0 Å². The molecule has 0 amide bonds. The second-order valence-electron chi connectivity index (χ2n) is 3.25. The third kappa shape index (κ3) is 3.80. The maximum atomic E-state index is 13.1. The first-order valence-electron chi connectivity index (χ1n) is 5.00. The fourth-order valence-corrected chi connectivity index (χ4v) is 1.26. The first-order valence-corrected chi connectivity index (χ1v) is 5.00. The summed E-state index contributed by atoms with van der Waals surface area (Å²) in [6, 6.07) is 4.22. The minimum absolute atomic E-state index is 0.362. The van der Waals surface area contributed by atoms with Crippen LogP contribution in [-0.2, 0) is 6.54 Å². The summed E-state index contributed by atoms with van der Waals surface area (Å²) in [5.74, 6) is -1.54. The van der Waals surface area contributed by atoms with Crippen LogP contribution in [0.15, 0.2) is 30.4 Å². The molecule has 82 valence electrons. The van der Waals surface area contributed by atoms with Crippen molar-refractivity contribution in [3.8, 4) is 0 Å².